The maximum absolute atomic E-state index is 13.7. The van der Waals surface area contributed by atoms with Gasteiger partial charge < -0.3 is 18.9 Å². The average Bonchev–Trinajstić information content (AvgIpc) is 3.45. The number of halogens is 3. The van der Waals surface area contributed by atoms with Crippen LogP contribution in [-0.2, 0) is 27.3 Å². The van der Waals surface area contributed by atoms with Crippen molar-refractivity contribution < 1.29 is 17.9 Å². The molecule has 1 aromatic carbocycles. The Labute approximate surface area is 214 Å². The summed E-state index contributed by atoms with van der Waals surface area (Å²) in [5.74, 6) is 0.970. The molecule has 0 aliphatic heterocycles. The van der Waals surface area contributed by atoms with Gasteiger partial charge in [0, 0.05) is 61.7 Å². The number of pyridine rings is 2. The van der Waals surface area contributed by atoms with Crippen molar-refractivity contribution in [3.8, 4) is 33.9 Å². The van der Waals surface area contributed by atoms with Crippen LogP contribution in [0.15, 0.2) is 58.5 Å². The van der Waals surface area contributed by atoms with Gasteiger partial charge in [0.05, 0.1) is 11.9 Å². The molecule has 11 heteroatoms. The van der Waals surface area contributed by atoms with Crippen LogP contribution < -0.4 is 15.9 Å². The summed E-state index contributed by atoms with van der Waals surface area (Å²) >= 11 is 0. The highest BCUT2D eigenvalue weighted by Crippen LogP contribution is 2.40. The molecule has 5 aromatic rings. The van der Waals surface area contributed by atoms with Crippen LogP contribution >= 0.6 is 0 Å². The van der Waals surface area contributed by atoms with Crippen molar-refractivity contribution in [2.24, 2.45) is 21.1 Å². The molecule has 0 aliphatic carbocycles. The molecule has 38 heavy (non-hydrogen) atoms. The van der Waals surface area contributed by atoms with Crippen LogP contribution in [0.2, 0.25) is 0 Å². The molecule has 0 amide bonds. The number of hydrogen-bond donors (Lipinski definition) is 1. The summed E-state index contributed by atoms with van der Waals surface area (Å²) in [5, 5.41) is 3.92. The second-order valence-corrected chi connectivity index (χ2v) is 9.32. The van der Waals surface area contributed by atoms with Crippen LogP contribution in [-0.4, -0.2) is 23.9 Å². The minimum Gasteiger partial charge on any atom is -0.455 e. The summed E-state index contributed by atoms with van der Waals surface area (Å²) in [6.45, 7) is 3.80. The molecule has 0 saturated heterocycles. The van der Waals surface area contributed by atoms with Crippen LogP contribution in [0.5, 0.6) is 11.5 Å². The van der Waals surface area contributed by atoms with Gasteiger partial charge in [-0.2, -0.15) is 18.3 Å². The molecule has 1 N–H and O–H groups in total. The SMILES string of the molecule is Cc1cccc(C)c1Oc1cn(C)c(=O)cc1-c1cn(C)c(=O)c2[nH]c(-c3cn(C)nc3C(F)(F)F)cc12. The van der Waals surface area contributed by atoms with Crippen LogP contribution in [0.3, 0.4) is 0 Å². The highest BCUT2D eigenvalue weighted by Gasteiger charge is 2.38. The van der Waals surface area contributed by atoms with E-state index in [9.17, 15) is 22.8 Å². The first-order valence-corrected chi connectivity index (χ1v) is 11.6. The Balaban J connectivity index is 1.78. The summed E-state index contributed by atoms with van der Waals surface area (Å²) in [4.78, 5) is 28.6. The molecule has 0 fully saturated rings. The Morgan fingerprint density at radius 2 is 1.58 bits per heavy atom. The number of ether oxygens (including phenoxy) is 1. The number of para-hydroxylation sites is 1. The quantitative estimate of drug-likeness (QED) is 0.357. The molecule has 0 spiro atoms. The van der Waals surface area contributed by atoms with Crippen LogP contribution in [0.4, 0.5) is 13.2 Å². The number of aromatic nitrogens is 5. The fourth-order valence-corrected chi connectivity index (χ4v) is 4.56. The molecule has 0 radical (unpaired) electrons. The third-order valence-electron chi connectivity index (χ3n) is 6.46. The van der Waals surface area contributed by atoms with Crippen molar-refractivity contribution in [3.63, 3.8) is 0 Å². The molecule has 0 aliphatic rings. The first-order chi connectivity index (χ1) is 17.8. The van der Waals surface area contributed by atoms with Gasteiger partial charge in [0.25, 0.3) is 11.1 Å². The number of aryl methyl sites for hydroxylation is 5. The molecular weight excluding hydrogens is 499 g/mol. The van der Waals surface area contributed by atoms with Gasteiger partial charge in [0.1, 0.15) is 11.3 Å². The van der Waals surface area contributed by atoms with E-state index in [4.69, 9.17) is 4.74 Å². The van der Waals surface area contributed by atoms with Crippen molar-refractivity contribution in [3.05, 3.63) is 86.5 Å². The van der Waals surface area contributed by atoms with E-state index in [1.807, 2.05) is 32.0 Å². The van der Waals surface area contributed by atoms with Gasteiger partial charge in [0.2, 0.25) is 0 Å². The molecule has 0 atom stereocenters. The van der Waals surface area contributed by atoms with E-state index in [0.717, 1.165) is 15.8 Å². The normalized spacial score (nSPS) is 11.9. The Hall–Kier alpha value is -4.54. The summed E-state index contributed by atoms with van der Waals surface area (Å²) in [6.07, 6.45) is -0.357. The van der Waals surface area contributed by atoms with Crippen molar-refractivity contribution in [2.75, 3.05) is 0 Å². The number of alkyl halides is 3. The molecule has 8 nitrogen and oxygen atoms in total. The number of H-pyrrole nitrogens is 1. The first-order valence-electron chi connectivity index (χ1n) is 11.6. The number of rotatable bonds is 4. The van der Waals surface area contributed by atoms with Crippen LogP contribution in [0.25, 0.3) is 33.3 Å². The van der Waals surface area contributed by atoms with Crippen LogP contribution in [0, 0.1) is 13.8 Å². The smallest absolute Gasteiger partial charge is 0.435 e. The lowest BCUT2D eigenvalue weighted by atomic mass is 10.0. The van der Waals surface area contributed by atoms with Gasteiger partial charge in [-0.3, -0.25) is 14.3 Å². The maximum Gasteiger partial charge on any atom is 0.435 e. The molecule has 0 unspecified atom stereocenters. The molecule has 4 heterocycles. The van der Waals surface area contributed by atoms with Gasteiger partial charge in [-0.05, 0) is 31.0 Å². The molecule has 5 rings (SSSR count). The average molecular weight is 524 g/mol. The highest BCUT2D eigenvalue weighted by atomic mass is 19.4. The zero-order valence-corrected chi connectivity index (χ0v) is 21.3. The molecule has 196 valence electrons. The molecular formula is C27H24F3N5O3. The predicted octanol–water partition coefficient (Wildman–Crippen LogP) is 5.06. The number of benzene rings is 1. The van der Waals surface area contributed by atoms with Crippen molar-refractivity contribution in [2.45, 2.75) is 20.0 Å². The second kappa shape index (κ2) is 8.79. The monoisotopic (exact) mass is 523 g/mol. The van der Waals surface area contributed by atoms with Gasteiger partial charge in [-0.1, -0.05) is 18.2 Å². The predicted molar refractivity (Wildman–Crippen MR) is 137 cm³/mol. The van der Waals surface area contributed by atoms with E-state index in [2.05, 4.69) is 10.1 Å². The largest absolute Gasteiger partial charge is 0.455 e. The number of aromatic amines is 1. The summed E-state index contributed by atoms with van der Waals surface area (Å²) in [5.41, 5.74) is 0.752. The lowest BCUT2D eigenvalue weighted by Crippen LogP contribution is -2.18. The van der Waals surface area contributed by atoms with Crippen molar-refractivity contribution >= 4 is 10.9 Å². The highest BCUT2D eigenvalue weighted by molar-refractivity contribution is 5.98. The van der Waals surface area contributed by atoms with Crippen LogP contribution in [0.1, 0.15) is 16.8 Å². The Morgan fingerprint density at radius 3 is 2.24 bits per heavy atom. The van der Waals surface area contributed by atoms with E-state index in [0.29, 0.717) is 28.0 Å². The fraction of sp³-hybridized carbons (Fsp3) is 0.222. The molecule has 4 aromatic heterocycles. The van der Waals surface area contributed by atoms with Gasteiger partial charge in [-0.25, -0.2) is 0 Å². The van der Waals surface area contributed by atoms with Gasteiger partial charge in [-0.15, -0.1) is 0 Å². The van der Waals surface area contributed by atoms with E-state index in [1.54, 1.807) is 19.4 Å². The zero-order chi connectivity index (χ0) is 27.5. The van der Waals surface area contributed by atoms with Gasteiger partial charge >= 0.3 is 6.18 Å². The molecule has 0 bridgehead atoms. The second-order valence-electron chi connectivity index (χ2n) is 9.32. The number of nitrogens with zero attached hydrogens (tertiary/aromatic N) is 4. The Bertz CT molecular complexity index is 1820. The fourth-order valence-electron chi connectivity index (χ4n) is 4.56. The lowest BCUT2D eigenvalue weighted by Gasteiger charge is -2.17. The minimum atomic E-state index is -4.69. The van der Waals surface area contributed by atoms with Gasteiger partial charge in [0.15, 0.2) is 11.4 Å². The number of hydrogen-bond acceptors (Lipinski definition) is 4. The standard InChI is InChI=1S/C27H24F3N5O3/c1-14-7-6-8-15(2)24(14)38-21-13-33(3)22(36)10-16(21)18-11-34(4)26(37)23-17(18)9-20(31-23)19-12-35(5)32-25(19)27(28,29)30/h6-13,31H,1-5H3. The maximum atomic E-state index is 13.7. The first kappa shape index (κ1) is 25.1. The van der Waals surface area contributed by atoms with E-state index in [-0.39, 0.29) is 22.3 Å². The number of fused-ring (bicyclic) bond motifs is 1. The summed E-state index contributed by atoms with van der Waals surface area (Å²) in [7, 11) is 4.52. The third kappa shape index (κ3) is 4.19. The lowest BCUT2D eigenvalue weighted by molar-refractivity contribution is -0.141. The van der Waals surface area contributed by atoms with E-state index < -0.39 is 17.4 Å². The topological polar surface area (TPSA) is 86.8 Å². The Morgan fingerprint density at radius 1 is 0.895 bits per heavy atom. The van der Waals surface area contributed by atoms with Crippen molar-refractivity contribution in [1.29, 1.82) is 0 Å². The third-order valence-corrected chi connectivity index (χ3v) is 6.46. The minimum absolute atomic E-state index is 0.0750. The summed E-state index contributed by atoms with van der Waals surface area (Å²) < 4.78 is 51.1. The Kier molecular flexibility index (Phi) is 5.81. The molecule has 0 saturated carbocycles. The van der Waals surface area contributed by atoms with Crippen molar-refractivity contribution in [1.82, 2.24) is 23.9 Å². The van der Waals surface area contributed by atoms with E-state index >= 15 is 0 Å². The van der Waals surface area contributed by atoms with E-state index in [1.165, 1.54) is 41.6 Å². The zero-order valence-electron chi connectivity index (χ0n) is 21.3. The summed E-state index contributed by atoms with van der Waals surface area (Å²) in [6, 6.07) is 8.57. The number of nitrogens with one attached hydrogen (secondary N) is 1.